The van der Waals surface area contributed by atoms with E-state index in [1.807, 2.05) is 0 Å². The first kappa shape index (κ1) is 24.4. The minimum absolute atomic E-state index is 0. The monoisotopic (exact) mass is 468 g/mol. The third kappa shape index (κ3) is 9.63. The highest BCUT2D eigenvalue weighted by Crippen LogP contribution is 2.20. The summed E-state index contributed by atoms with van der Waals surface area (Å²) in [5.41, 5.74) is 0. The smallest absolute Gasteiger partial charge is 0.220 e. The van der Waals surface area contributed by atoms with Gasteiger partial charge >= 0.3 is 0 Å². The van der Waals surface area contributed by atoms with Gasteiger partial charge in [-0.15, -0.1) is 24.0 Å². The summed E-state index contributed by atoms with van der Waals surface area (Å²) in [7, 11) is 1.70. The van der Waals surface area contributed by atoms with Gasteiger partial charge in [-0.25, -0.2) is 0 Å². The number of aliphatic hydroxyl groups is 1. The van der Waals surface area contributed by atoms with Crippen molar-refractivity contribution in [1.82, 2.24) is 15.5 Å². The first-order valence-corrected chi connectivity index (χ1v) is 9.49. The molecule has 25 heavy (non-hydrogen) atoms. The van der Waals surface area contributed by atoms with Crippen LogP contribution in [0.5, 0.6) is 0 Å². The van der Waals surface area contributed by atoms with Gasteiger partial charge in [-0.3, -0.25) is 9.79 Å². The Hall–Kier alpha value is -0.570. The topological polar surface area (TPSA) is 77.0 Å². The number of piperidine rings is 1. The minimum atomic E-state index is 0. The molecule has 0 aromatic heterocycles. The standard InChI is InChI=1S/C18H36N4O2.HI/c1-4-6-16(9-12-23)14-21-18(20-5-2)22-10-7-15(8-11-22)13-17(24)19-3;/h15-16,23H,4-14H2,1-3H3,(H,19,24)(H,20,21);1H. The molecule has 0 bridgehead atoms. The van der Waals surface area contributed by atoms with Gasteiger partial charge in [0.15, 0.2) is 5.96 Å². The number of aliphatic imine (C=N–C) groups is 1. The maximum Gasteiger partial charge on any atom is 0.220 e. The van der Waals surface area contributed by atoms with E-state index in [4.69, 9.17) is 4.99 Å². The van der Waals surface area contributed by atoms with Crippen LogP contribution < -0.4 is 10.6 Å². The number of carbonyl (C=O) groups excluding carboxylic acids is 1. The number of halogens is 1. The van der Waals surface area contributed by atoms with Crippen molar-refractivity contribution in [3.05, 3.63) is 0 Å². The summed E-state index contributed by atoms with van der Waals surface area (Å²) in [6, 6.07) is 0. The number of hydrogen-bond acceptors (Lipinski definition) is 3. The molecule has 1 heterocycles. The Kier molecular flexibility index (Phi) is 14.3. The van der Waals surface area contributed by atoms with Gasteiger partial charge in [0.25, 0.3) is 0 Å². The lowest BCUT2D eigenvalue weighted by Crippen LogP contribution is -2.46. The van der Waals surface area contributed by atoms with E-state index in [1.165, 1.54) is 0 Å². The van der Waals surface area contributed by atoms with Crippen molar-refractivity contribution >= 4 is 35.8 Å². The van der Waals surface area contributed by atoms with Crippen molar-refractivity contribution in [1.29, 1.82) is 0 Å². The summed E-state index contributed by atoms with van der Waals surface area (Å²) >= 11 is 0. The van der Waals surface area contributed by atoms with Crippen LogP contribution in [0.4, 0.5) is 0 Å². The SMILES string of the molecule is CCCC(CCO)CN=C(NCC)N1CCC(CC(=O)NC)CC1.I. The highest BCUT2D eigenvalue weighted by molar-refractivity contribution is 14.0. The summed E-state index contributed by atoms with van der Waals surface area (Å²) in [4.78, 5) is 18.6. The molecule has 0 aromatic carbocycles. The molecule has 148 valence electrons. The van der Waals surface area contributed by atoms with E-state index in [0.29, 0.717) is 18.3 Å². The number of aliphatic hydroxyl groups excluding tert-OH is 1. The molecular weight excluding hydrogens is 431 g/mol. The second kappa shape index (κ2) is 14.6. The van der Waals surface area contributed by atoms with E-state index < -0.39 is 0 Å². The number of amides is 1. The first-order chi connectivity index (χ1) is 11.6. The molecule has 6 nitrogen and oxygen atoms in total. The van der Waals surface area contributed by atoms with Crippen LogP contribution in [0.25, 0.3) is 0 Å². The molecule has 0 spiro atoms. The Morgan fingerprint density at radius 1 is 1.28 bits per heavy atom. The van der Waals surface area contributed by atoms with E-state index in [1.54, 1.807) is 7.05 Å². The molecule has 1 saturated heterocycles. The summed E-state index contributed by atoms with van der Waals surface area (Å²) in [6.07, 6.45) is 5.76. The zero-order valence-electron chi connectivity index (χ0n) is 16.1. The van der Waals surface area contributed by atoms with Crippen molar-refractivity contribution < 1.29 is 9.90 Å². The van der Waals surface area contributed by atoms with Crippen molar-refractivity contribution in [2.24, 2.45) is 16.8 Å². The van der Waals surface area contributed by atoms with Gasteiger partial charge < -0.3 is 20.6 Å². The molecule has 0 aromatic rings. The van der Waals surface area contributed by atoms with Crippen LogP contribution >= 0.6 is 24.0 Å². The molecule has 7 heteroatoms. The van der Waals surface area contributed by atoms with Gasteiger partial charge in [0.2, 0.25) is 5.91 Å². The van der Waals surface area contributed by atoms with E-state index >= 15 is 0 Å². The molecule has 0 aliphatic carbocycles. The number of rotatable bonds is 9. The predicted molar refractivity (Wildman–Crippen MR) is 114 cm³/mol. The normalized spacial score (nSPS) is 17.0. The lowest BCUT2D eigenvalue weighted by Gasteiger charge is -2.34. The minimum Gasteiger partial charge on any atom is -0.396 e. The Labute approximate surface area is 170 Å². The van der Waals surface area contributed by atoms with Crippen LogP contribution in [0.2, 0.25) is 0 Å². The molecule has 1 aliphatic rings. The fraction of sp³-hybridized carbons (Fsp3) is 0.889. The lowest BCUT2D eigenvalue weighted by molar-refractivity contribution is -0.121. The fourth-order valence-corrected chi connectivity index (χ4v) is 3.27. The quantitative estimate of drug-likeness (QED) is 0.276. The Morgan fingerprint density at radius 2 is 1.96 bits per heavy atom. The molecule has 0 saturated carbocycles. The maximum atomic E-state index is 11.5. The van der Waals surface area contributed by atoms with Gasteiger partial charge in [0.1, 0.15) is 0 Å². The number of guanidine groups is 1. The maximum absolute atomic E-state index is 11.5. The average Bonchev–Trinajstić information content (AvgIpc) is 2.59. The van der Waals surface area contributed by atoms with Crippen LogP contribution in [0.15, 0.2) is 4.99 Å². The van der Waals surface area contributed by atoms with Crippen LogP contribution in [0.1, 0.15) is 52.4 Å². The number of likely N-dealkylation sites (tertiary alicyclic amines) is 1. The average molecular weight is 468 g/mol. The Morgan fingerprint density at radius 3 is 2.48 bits per heavy atom. The lowest BCUT2D eigenvalue weighted by atomic mass is 9.93. The Balaban J connectivity index is 0.00000576. The van der Waals surface area contributed by atoms with Crippen molar-refractivity contribution in [2.45, 2.75) is 52.4 Å². The highest BCUT2D eigenvalue weighted by atomic mass is 127. The number of nitrogens with one attached hydrogen (secondary N) is 2. The first-order valence-electron chi connectivity index (χ1n) is 9.49. The molecule has 1 rings (SSSR count). The van der Waals surface area contributed by atoms with Crippen LogP contribution in [-0.2, 0) is 4.79 Å². The van der Waals surface area contributed by atoms with Gasteiger partial charge in [-0.2, -0.15) is 0 Å². The molecule has 1 fully saturated rings. The van der Waals surface area contributed by atoms with Crippen LogP contribution in [0, 0.1) is 11.8 Å². The molecule has 1 amide bonds. The largest absolute Gasteiger partial charge is 0.396 e. The Bertz CT molecular complexity index is 379. The zero-order chi connectivity index (χ0) is 17.8. The van der Waals surface area contributed by atoms with E-state index in [-0.39, 0.29) is 36.5 Å². The van der Waals surface area contributed by atoms with Crippen molar-refractivity contribution in [2.75, 3.05) is 39.8 Å². The molecule has 3 N–H and O–H groups in total. The number of hydrogen-bond donors (Lipinski definition) is 3. The molecular formula is C18H37IN4O2. The van der Waals surface area contributed by atoms with E-state index in [2.05, 4.69) is 29.4 Å². The zero-order valence-corrected chi connectivity index (χ0v) is 18.4. The van der Waals surface area contributed by atoms with Crippen LogP contribution in [-0.4, -0.2) is 61.7 Å². The molecule has 0 radical (unpaired) electrons. The summed E-state index contributed by atoms with van der Waals surface area (Å²) < 4.78 is 0. The predicted octanol–water partition coefficient (Wildman–Crippen LogP) is 2.22. The van der Waals surface area contributed by atoms with Crippen molar-refractivity contribution in [3.63, 3.8) is 0 Å². The highest BCUT2D eigenvalue weighted by Gasteiger charge is 2.23. The van der Waals surface area contributed by atoms with E-state index in [0.717, 1.165) is 64.2 Å². The summed E-state index contributed by atoms with van der Waals surface area (Å²) in [5.74, 6) is 2.06. The molecule has 1 unspecified atom stereocenters. The second-order valence-electron chi connectivity index (χ2n) is 6.67. The third-order valence-electron chi connectivity index (χ3n) is 4.74. The second-order valence-corrected chi connectivity index (χ2v) is 6.67. The summed E-state index contributed by atoms with van der Waals surface area (Å²) in [6.45, 7) is 8.03. The van der Waals surface area contributed by atoms with Gasteiger partial charge in [-0.05, 0) is 44.4 Å². The van der Waals surface area contributed by atoms with Crippen LogP contribution in [0.3, 0.4) is 0 Å². The molecule has 1 atom stereocenters. The van der Waals surface area contributed by atoms with Gasteiger partial charge in [0, 0.05) is 46.3 Å². The third-order valence-corrected chi connectivity index (χ3v) is 4.74. The number of carbonyl (C=O) groups is 1. The van der Waals surface area contributed by atoms with Crippen molar-refractivity contribution in [3.8, 4) is 0 Å². The van der Waals surface area contributed by atoms with E-state index in [9.17, 15) is 9.90 Å². The van der Waals surface area contributed by atoms with Gasteiger partial charge in [-0.1, -0.05) is 13.3 Å². The van der Waals surface area contributed by atoms with Gasteiger partial charge in [0.05, 0.1) is 0 Å². The number of nitrogens with zero attached hydrogens (tertiary/aromatic N) is 2. The summed E-state index contributed by atoms with van der Waals surface area (Å²) in [5, 5.41) is 15.3. The molecule has 1 aliphatic heterocycles. The fourth-order valence-electron chi connectivity index (χ4n) is 3.27.